The second-order valence-corrected chi connectivity index (χ2v) is 16.0. The van der Waals surface area contributed by atoms with E-state index in [1.807, 2.05) is 0 Å². The molecule has 2 aliphatic heterocycles. The summed E-state index contributed by atoms with van der Waals surface area (Å²) in [7, 11) is 3.79. The highest BCUT2D eigenvalue weighted by Gasteiger charge is 2.52. The summed E-state index contributed by atoms with van der Waals surface area (Å²) in [6.07, 6.45) is 52.1. The molecule has 0 spiro atoms. The molecule has 2 aliphatic rings. The lowest BCUT2D eigenvalue weighted by molar-refractivity contribution is -0.202. The Kier molecular flexibility index (Phi) is 28.9. The Morgan fingerprint density at radius 3 is 1.42 bits per heavy atom. The van der Waals surface area contributed by atoms with E-state index in [1.165, 1.54) is 141 Å². The molecule has 52 heavy (non-hydrogen) atoms. The highest BCUT2D eigenvalue weighted by molar-refractivity contribution is 4.97. The normalized spacial score (nSPS) is 24.3. The summed E-state index contributed by atoms with van der Waals surface area (Å²) in [5.41, 5.74) is 0. The molecule has 302 valence electrons. The predicted molar refractivity (Wildman–Crippen MR) is 224 cm³/mol. The summed E-state index contributed by atoms with van der Waals surface area (Å²) in [5, 5.41) is 11.2. The van der Waals surface area contributed by atoms with E-state index in [4.69, 9.17) is 14.2 Å². The van der Waals surface area contributed by atoms with Gasteiger partial charge in [-0.05, 0) is 84.1 Å². The van der Waals surface area contributed by atoms with Crippen LogP contribution in [0.2, 0.25) is 0 Å². The number of likely N-dealkylation sites (tertiary alicyclic amines) is 1. The molecule has 0 aliphatic carbocycles. The average molecular weight is 728 g/mol. The maximum Gasteiger partial charge on any atom is 0.169 e. The van der Waals surface area contributed by atoms with Crippen LogP contribution in [0.5, 0.6) is 0 Å². The average Bonchev–Trinajstić information content (AvgIpc) is 3.45. The summed E-state index contributed by atoms with van der Waals surface area (Å²) < 4.78 is 19.3. The molecule has 2 heterocycles. The van der Waals surface area contributed by atoms with Crippen LogP contribution in [0.25, 0.3) is 0 Å². The SMILES string of the molecule is CCCCC/C=C\C/C=C\CCCCCCCCC1(CCCCCCCC/C=C\C/C=C\CCCCCCC)O[C@@H]2[C@H](O)[C@@H](OC)CN(C)C[C@H]2O1. The number of likely N-dealkylation sites (N-methyl/N-ethyl adjacent to an activating group) is 1. The quantitative estimate of drug-likeness (QED) is 0.0539. The van der Waals surface area contributed by atoms with Crippen molar-refractivity contribution in [3.05, 3.63) is 48.6 Å². The first-order valence-corrected chi connectivity index (χ1v) is 22.4. The molecule has 1 N–H and O–H groups in total. The number of rotatable bonds is 33. The largest absolute Gasteiger partial charge is 0.388 e. The first kappa shape index (κ1) is 46.9. The van der Waals surface area contributed by atoms with Crippen LogP contribution in [-0.2, 0) is 14.2 Å². The molecule has 5 heteroatoms. The smallest absolute Gasteiger partial charge is 0.169 e. The van der Waals surface area contributed by atoms with Gasteiger partial charge in [-0.2, -0.15) is 0 Å². The fraction of sp³-hybridized carbons (Fsp3) is 0.830. The van der Waals surface area contributed by atoms with Gasteiger partial charge in [0.25, 0.3) is 0 Å². The molecule has 0 bridgehead atoms. The number of hydrogen-bond donors (Lipinski definition) is 1. The van der Waals surface area contributed by atoms with E-state index in [9.17, 15) is 5.11 Å². The van der Waals surface area contributed by atoms with Gasteiger partial charge in [-0.25, -0.2) is 0 Å². The monoisotopic (exact) mass is 728 g/mol. The van der Waals surface area contributed by atoms with E-state index in [-0.39, 0.29) is 18.3 Å². The number of allylic oxidation sites excluding steroid dienone is 8. The minimum Gasteiger partial charge on any atom is -0.388 e. The van der Waals surface area contributed by atoms with Gasteiger partial charge in [0.1, 0.15) is 18.3 Å². The number of unbranched alkanes of at least 4 members (excludes halogenated alkanes) is 20. The van der Waals surface area contributed by atoms with E-state index >= 15 is 0 Å². The lowest BCUT2D eigenvalue weighted by atomic mass is 9.98. The van der Waals surface area contributed by atoms with Gasteiger partial charge in [-0.1, -0.05) is 152 Å². The molecule has 2 fully saturated rings. The minimum atomic E-state index is -0.664. The van der Waals surface area contributed by atoms with E-state index in [2.05, 4.69) is 74.4 Å². The number of aliphatic hydroxyl groups excluding tert-OH is 1. The van der Waals surface area contributed by atoms with Crippen molar-refractivity contribution in [3.8, 4) is 0 Å². The maximum atomic E-state index is 11.2. The van der Waals surface area contributed by atoms with Gasteiger partial charge < -0.3 is 24.2 Å². The molecule has 0 aromatic rings. The summed E-state index contributed by atoms with van der Waals surface area (Å²) in [6.45, 7) is 6.01. The Morgan fingerprint density at radius 2 is 0.962 bits per heavy atom. The van der Waals surface area contributed by atoms with Crippen molar-refractivity contribution in [2.24, 2.45) is 0 Å². The number of fused-ring (bicyclic) bond motifs is 1. The molecular weight excluding hydrogens is 643 g/mol. The Bertz CT molecular complexity index is 930. The van der Waals surface area contributed by atoms with Crippen LogP contribution in [0, 0.1) is 0 Å². The molecule has 1 unspecified atom stereocenters. The molecule has 5 atom stereocenters. The van der Waals surface area contributed by atoms with E-state index in [0.29, 0.717) is 6.54 Å². The minimum absolute atomic E-state index is 0.108. The number of methoxy groups -OCH3 is 1. The molecule has 0 amide bonds. The fourth-order valence-electron chi connectivity index (χ4n) is 7.83. The van der Waals surface area contributed by atoms with Crippen molar-refractivity contribution in [1.29, 1.82) is 0 Å². The van der Waals surface area contributed by atoms with Crippen molar-refractivity contribution >= 4 is 0 Å². The summed E-state index contributed by atoms with van der Waals surface area (Å²) >= 11 is 0. The van der Waals surface area contributed by atoms with Gasteiger partial charge in [0.2, 0.25) is 0 Å². The van der Waals surface area contributed by atoms with Crippen molar-refractivity contribution in [2.75, 3.05) is 27.2 Å². The standard InChI is InChI=1S/C47H85NO4/c1-5-7-9-11-13-15-17-19-21-23-24-26-28-30-32-34-36-38-40-47(51-44-42-48(3)41-43(50-4)45(49)46(44)52-47)39-37-35-33-31-29-27-25-22-20-18-16-14-12-10-8-6-2/h14,16-17,19-20,22-24,43-46,49H,5-13,15,18,21,25-42H2,1-4H3/b16-14-,19-17-,22-20-,24-23-/t43-,44+,45+,46-,47?/m0/s1. The Hall–Kier alpha value is -1.24. The first-order chi connectivity index (χ1) is 25.5. The summed E-state index contributed by atoms with van der Waals surface area (Å²) in [4.78, 5) is 2.23. The predicted octanol–water partition coefficient (Wildman–Crippen LogP) is 13.0. The van der Waals surface area contributed by atoms with Gasteiger partial charge >= 0.3 is 0 Å². The highest BCUT2D eigenvalue weighted by Crippen LogP contribution is 2.40. The van der Waals surface area contributed by atoms with Crippen LogP contribution in [0.3, 0.4) is 0 Å². The van der Waals surface area contributed by atoms with Gasteiger partial charge in [0.15, 0.2) is 5.79 Å². The van der Waals surface area contributed by atoms with Gasteiger partial charge in [-0.3, -0.25) is 0 Å². The molecule has 0 saturated carbocycles. The van der Waals surface area contributed by atoms with Crippen molar-refractivity contribution in [3.63, 3.8) is 0 Å². The van der Waals surface area contributed by atoms with Crippen LogP contribution in [0.1, 0.15) is 194 Å². The van der Waals surface area contributed by atoms with Crippen LogP contribution >= 0.6 is 0 Å². The molecule has 5 nitrogen and oxygen atoms in total. The third-order valence-electron chi connectivity index (χ3n) is 11.1. The lowest BCUT2D eigenvalue weighted by Gasteiger charge is -2.31. The lowest BCUT2D eigenvalue weighted by Crippen LogP contribution is -2.44. The maximum absolute atomic E-state index is 11.2. The zero-order chi connectivity index (χ0) is 37.4. The van der Waals surface area contributed by atoms with Crippen LogP contribution in [0.15, 0.2) is 48.6 Å². The van der Waals surface area contributed by atoms with Crippen LogP contribution in [0.4, 0.5) is 0 Å². The van der Waals surface area contributed by atoms with Gasteiger partial charge in [-0.15, -0.1) is 0 Å². The van der Waals surface area contributed by atoms with Crippen molar-refractivity contribution < 1.29 is 19.3 Å². The van der Waals surface area contributed by atoms with Gasteiger partial charge in [0.05, 0.1) is 6.10 Å². The van der Waals surface area contributed by atoms with Crippen LogP contribution in [-0.4, -0.2) is 67.5 Å². The number of hydrogen-bond acceptors (Lipinski definition) is 5. The molecule has 2 rings (SSSR count). The van der Waals surface area contributed by atoms with E-state index < -0.39 is 11.9 Å². The zero-order valence-corrected chi connectivity index (χ0v) is 34.8. The molecule has 0 aromatic carbocycles. The number of aliphatic hydroxyl groups is 1. The third-order valence-corrected chi connectivity index (χ3v) is 11.1. The zero-order valence-electron chi connectivity index (χ0n) is 34.8. The Morgan fingerprint density at radius 1 is 0.558 bits per heavy atom. The Labute approximate surface area is 323 Å². The number of nitrogens with zero attached hydrogens (tertiary/aromatic N) is 1. The molecule has 2 saturated heterocycles. The Balaban J connectivity index is 1.64. The van der Waals surface area contributed by atoms with Crippen LogP contribution < -0.4 is 0 Å². The highest BCUT2D eigenvalue weighted by atomic mass is 16.8. The first-order valence-electron chi connectivity index (χ1n) is 22.4. The number of ether oxygens (including phenoxy) is 3. The third kappa shape index (κ3) is 22.2. The second kappa shape index (κ2) is 32.0. The molecular formula is C47H85NO4. The summed E-state index contributed by atoms with van der Waals surface area (Å²) in [5.74, 6) is -0.573. The fourth-order valence-corrected chi connectivity index (χ4v) is 7.83. The van der Waals surface area contributed by atoms with E-state index in [1.54, 1.807) is 7.11 Å². The van der Waals surface area contributed by atoms with E-state index in [0.717, 1.165) is 45.1 Å². The van der Waals surface area contributed by atoms with Gasteiger partial charge in [0, 0.05) is 33.0 Å². The van der Waals surface area contributed by atoms with Crippen molar-refractivity contribution in [1.82, 2.24) is 4.90 Å². The molecule has 0 radical (unpaired) electrons. The topological polar surface area (TPSA) is 51.2 Å². The van der Waals surface area contributed by atoms with Crippen molar-refractivity contribution in [2.45, 2.75) is 224 Å². The molecule has 0 aromatic heterocycles. The summed E-state index contributed by atoms with van der Waals surface area (Å²) in [6, 6.07) is 0. The second-order valence-electron chi connectivity index (χ2n) is 16.0.